The van der Waals surface area contributed by atoms with E-state index in [4.69, 9.17) is 11.5 Å². The Morgan fingerprint density at radius 3 is 2.62 bits per heavy atom. The lowest BCUT2D eigenvalue weighted by Crippen LogP contribution is -2.41. The lowest BCUT2D eigenvalue weighted by molar-refractivity contribution is -0.120. The summed E-state index contributed by atoms with van der Waals surface area (Å²) in [5, 5.41) is 3.16. The fourth-order valence-corrected chi connectivity index (χ4v) is 2.04. The second-order valence-corrected chi connectivity index (χ2v) is 5.71. The van der Waals surface area contributed by atoms with Crippen LogP contribution in [-0.4, -0.2) is 23.2 Å². The molecule has 6 heteroatoms. The minimum atomic E-state index is -0.259. The van der Waals surface area contributed by atoms with E-state index in [1.807, 2.05) is 0 Å². The number of nitrogens with two attached hydrogens (primary N) is 2. The summed E-state index contributed by atoms with van der Waals surface area (Å²) in [5.74, 6) is -0.259. The first-order valence-electron chi connectivity index (χ1n) is 4.31. The van der Waals surface area contributed by atoms with Crippen LogP contribution in [0.25, 0.3) is 0 Å². The Kier molecular flexibility index (Phi) is 4.93. The van der Waals surface area contributed by atoms with Crippen molar-refractivity contribution < 1.29 is 4.79 Å². The Hall–Kier alpha value is 0.0900. The quantitative estimate of drug-likeness (QED) is 0.326. The summed E-state index contributed by atoms with van der Waals surface area (Å²) in [7, 11) is 3.45. The Morgan fingerprint density at radius 2 is 2.15 bits per heavy atom. The average molecular weight is 221 g/mol. The van der Waals surface area contributed by atoms with E-state index in [0.29, 0.717) is 11.3 Å². The van der Waals surface area contributed by atoms with Gasteiger partial charge in [-0.2, -0.15) is 0 Å². The van der Waals surface area contributed by atoms with Crippen LogP contribution in [0.3, 0.4) is 0 Å². The highest BCUT2D eigenvalue weighted by Crippen LogP contribution is 2.51. The molecular weight excluding hydrogens is 206 g/mol. The molecule has 0 radical (unpaired) electrons. The fourth-order valence-electron chi connectivity index (χ4n) is 1.05. The number of amides is 1. The topological polar surface area (TPSA) is 81.1 Å². The van der Waals surface area contributed by atoms with Gasteiger partial charge >= 0.3 is 0 Å². The molecule has 1 heterocycles. The molecule has 1 aliphatic rings. The number of unbranched alkanes of at least 4 members (excludes halogenated alkanes) is 1. The number of carbonyl (C=O) groups is 1. The third kappa shape index (κ3) is 4.75. The van der Waals surface area contributed by atoms with Crippen molar-refractivity contribution in [3.63, 3.8) is 0 Å². The van der Waals surface area contributed by atoms with E-state index in [-0.39, 0.29) is 11.9 Å². The summed E-state index contributed by atoms with van der Waals surface area (Å²) in [6.07, 6.45) is 2.71. The first kappa shape index (κ1) is 11.2. The van der Waals surface area contributed by atoms with Gasteiger partial charge in [-0.25, -0.2) is 0 Å². The Bertz CT molecular complexity index is 175. The standard InChI is InChI=1S/C7H15N3OS2/c8-4-2-1-3-5(6(9)11)10-7-12-13-7/h5,7,10H,1-4,8H2,(H2,9,11)/t5-/m0/s1. The molecule has 1 saturated heterocycles. The first-order valence-corrected chi connectivity index (χ1v) is 6.59. The molecule has 0 aromatic carbocycles. The van der Waals surface area contributed by atoms with Crippen LogP contribution < -0.4 is 16.8 Å². The summed E-state index contributed by atoms with van der Waals surface area (Å²) in [6, 6.07) is -0.181. The van der Waals surface area contributed by atoms with Gasteiger partial charge in [0, 0.05) is 0 Å². The minimum absolute atomic E-state index is 0.181. The van der Waals surface area contributed by atoms with Gasteiger partial charge in [0.15, 0.2) is 0 Å². The molecule has 4 nitrogen and oxygen atoms in total. The molecule has 0 saturated carbocycles. The molecule has 0 spiro atoms. The molecule has 0 bridgehead atoms. The van der Waals surface area contributed by atoms with Gasteiger partial charge in [-0.3, -0.25) is 10.1 Å². The predicted octanol–water partition coefficient (Wildman–Crippen LogP) is 0.237. The molecule has 1 atom stereocenters. The molecular formula is C7H15N3OS2. The maximum absolute atomic E-state index is 11.0. The van der Waals surface area contributed by atoms with Gasteiger partial charge in [-0.15, -0.1) is 0 Å². The third-order valence-corrected chi connectivity index (χ3v) is 3.63. The molecule has 0 aromatic rings. The molecule has 1 aliphatic heterocycles. The molecule has 13 heavy (non-hydrogen) atoms. The minimum Gasteiger partial charge on any atom is -0.368 e. The van der Waals surface area contributed by atoms with Crippen LogP contribution in [0, 0.1) is 0 Å². The van der Waals surface area contributed by atoms with Gasteiger partial charge in [0.25, 0.3) is 0 Å². The summed E-state index contributed by atoms with van der Waals surface area (Å²) in [6.45, 7) is 0.679. The largest absolute Gasteiger partial charge is 0.368 e. The van der Waals surface area contributed by atoms with Crippen molar-refractivity contribution in [2.45, 2.75) is 30.0 Å². The van der Waals surface area contributed by atoms with Gasteiger partial charge in [0.1, 0.15) is 4.71 Å². The number of primary amides is 1. The zero-order valence-electron chi connectivity index (χ0n) is 7.36. The van der Waals surface area contributed by atoms with Crippen molar-refractivity contribution in [1.29, 1.82) is 0 Å². The highest BCUT2D eigenvalue weighted by molar-refractivity contribution is 8.92. The number of carbonyl (C=O) groups excluding carboxylic acids is 1. The lowest BCUT2D eigenvalue weighted by Gasteiger charge is -2.12. The Morgan fingerprint density at radius 1 is 1.46 bits per heavy atom. The van der Waals surface area contributed by atoms with Crippen LogP contribution >= 0.6 is 21.6 Å². The van der Waals surface area contributed by atoms with Crippen molar-refractivity contribution in [2.75, 3.05) is 6.54 Å². The molecule has 1 rings (SSSR count). The van der Waals surface area contributed by atoms with E-state index >= 15 is 0 Å². The Labute approximate surface area is 86.0 Å². The van der Waals surface area contributed by atoms with E-state index in [9.17, 15) is 4.79 Å². The van der Waals surface area contributed by atoms with Crippen LogP contribution in [0.4, 0.5) is 0 Å². The number of nitrogens with one attached hydrogen (secondary N) is 1. The highest BCUT2D eigenvalue weighted by Gasteiger charge is 2.29. The van der Waals surface area contributed by atoms with Crippen molar-refractivity contribution >= 4 is 27.5 Å². The maximum Gasteiger partial charge on any atom is 0.234 e. The Balaban J connectivity index is 2.16. The van der Waals surface area contributed by atoms with Crippen molar-refractivity contribution in [1.82, 2.24) is 5.32 Å². The molecule has 0 aliphatic carbocycles. The van der Waals surface area contributed by atoms with Crippen molar-refractivity contribution in [3.05, 3.63) is 0 Å². The zero-order chi connectivity index (χ0) is 9.68. The van der Waals surface area contributed by atoms with Gasteiger partial charge in [0.05, 0.1) is 6.04 Å². The summed E-state index contributed by atoms with van der Waals surface area (Å²) < 4.78 is 0.371. The van der Waals surface area contributed by atoms with Crippen LogP contribution in [0.15, 0.2) is 0 Å². The van der Waals surface area contributed by atoms with Crippen LogP contribution in [0.5, 0.6) is 0 Å². The second-order valence-electron chi connectivity index (χ2n) is 2.93. The molecule has 0 unspecified atom stereocenters. The van der Waals surface area contributed by atoms with E-state index in [0.717, 1.165) is 19.3 Å². The molecule has 0 aromatic heterocycles. The van der Waals surface area contributed by atoms with E-state index in [1.54, 1.807) is 21.6 Å². The highest BCUT2D eigenvalue weighted by atomic mass is 33.2. The van der Waals surface area contributed by atoms with Gasteiger partial charge in [0.2, 0.25) is 5.91 Å². The summed E-state index contributed by atoms with van der Waals surface area (Å²) >= 11 is 0. The van der Waals surface area contributed by atoms with E-state index in [1.165, 1.54) is 0 Å². The normalized spacial score (nSPS) is 18.5. The summed E-state index contributed by atoms with van der Waals surface area (Å²) in [5.41, 5.74) is 10.6. The van der Waals surface area contributed by atoms with Crippen LogP contribution in [-0.2, 0) is 4.79 Å². The van der Waals surface area contributed by atoms with Gasteiger partial charge in [-0.1, -0.05) is 28.0 Å². The zero-order valence-corrected chi connectivity index (χ0v) is 9.00. The SMILES string of the molecule is NCCCC[C@H](NC1SS1)C(N)=O. The molecule has 5 N–H and O–H groups in total. The molecule has 76 valence electrons. The van der Waals surface area contributed by atoms with Crippen LogP contribution in [0.1, 0.15) is 19.3 Å². The van der Waals surface area contributed by atoms with Gasteiger partial charge < -0.3 is 11.5 Å². The number of rotatable bonds is 7. The number of hydrogen-bond acceptors (Lipinski definition) is 5. The predicted molar refractivity (Wildman–Crippen MR) is 58.0 cm³/mol. The average Bonchev–Trinajstić information content (AvgIpc) is 2.86. The fraction of sp³-hybridized carbons (Fsp3) is 0.857. The van der Waals surface area contributed by atoms with E-state index in [2.05, 4.69) is 5.32 Å². The van der Waals surface area contributed by atoms with Crippen molar-refractivity contribution in [2.24, 2.45) is 11.5 Å². The van der Waals surface area contributed by atoms with E-state index < -0.39 is 0 Å². The molecule has 1 fully saturated rings. The lowest BCUT2D eigenvalue weighted by atomic mass is 10.1. The molecule has 1 amide bonds. The number of hydrogen-bond donors (Lipinski definition) is 3. The van der Waals surface area contributed by atoms with Crippen molar-refractivity contribution in [3.8, 4) is 0 Å². The van der Waals surface area contributed by atoms with Crippen LogP contribution in [0.2, 0.25) is 0 Å². The van der Waals surface area contributed by atoms with Gasteiger partial charge in [-0.05, 0) is 19.4 Å². The smallest absolute Gasteiger partial charge is 0.234 e. The first-order chi connectivity index (χ1) is 6.24. The maximum atomic E-state index is 11.0. The third-order valence-electron chi connectivity index (χ3n) is 1.82. The summed E-state index contributed by atoms with van der Waals surface area (Å²) in [4.78, 5) is 11.0. The second kappa shape index (κ2) is 5.74. The monoisotopic (exact) mass is 221 g/mol.